The third-order valence-electron chi connectivity index (χ3n) is 2.33. The van der Waals surface area contributed by atoms with Crippen LogP contribution in [0.25, 0.3) is 5.69 Å². The Kier molecular flexibility index (Phi) is 2.84. The molecule has 0 bridgehead atoms. The second-order valence-electron chi connectivity index (χ2n) is 3.85. The molecule has 2 rings (SSSR count). The van der Waals surface area contributed by atoms with Crippen LogP contribution in [-0.4, -0.2) is 33.8 Å². The summed E-state index contributed by atoms with van der Waals surface area (Å²) < 4.78 is 1.43. The van der Waals surface area contributed by atoms with Gasteiger partial charge in [-0.25, -0.2) is 0 Å². The van der Waals surface area contributed by atoms with Crippen molar-refractivity contribution in [3.8, 4) is 5.69 Å². The van der Waals surface area contributed by atoms with Crippen molar-refractivity contribution < 1.29 is 4.92 Å². The van der Waals surface area contributed by atoms with E-state index < -0.39 is 4.92 Å². The van der Waals surface area contributed by atoms with Crippen LogP contribution in [0.4, 0.5) is 17.6 Å². The second-order valence-corrected chi connectivity index (χ2v) is 3.85. The summed E-state index contributed by atoms with van der Waals surface area (Å²) in [6.45, 7) is 0. The topological polar surface area (TPSA) is 103 Å². The van der Waals surface area contributed by atoms with E-state index in [-0.39, 0.29) is 11.6 Å². The zero-order valence-electron chi connectivity index (χ0n) is 9.94. The van der Waals surface area contributed by atoms with E-state index >= 15 is 0 Å². The van der Waals surface area contributed by atoms with Crippen molar-refractivity contribution in [1.29, 1.82) is 0 Å². The molecule has 0 aliphatic heterocycles. The van der Waals surface area contributed by atoms with Gasteiger partial charge in [0.25, 0.3) is 5.69 Å². The minimum atomic E-state index is -0.459. The van der Waals surface area contributed by atoms with Gasteiger partial charge in [0.1, 0.15) is 0 Å². The lowest BCUT2D eigenvalue weighted by atomic mass is 10.3. The van der Waals surface area contributed by atoms with E-state index in [9.17, 15) is 10.1 Å². The van der Waals surface area contributed by atoms with Gasteiger partial charge in [-0.2, -0.15) is 9.67 Å². The number of anilines is 2. The van der Waals surface area contributed by atoms with Gasteiger partial charge in [0.15, 0.2) is 0 Å². The Morgan fingerprint density at radius 1 is 1.33 bits per heavy atom. The molecule has 8 nitrogen and oxygen atoms in total. The van der Waals surface area contributed by atoms with Crippen molar-refractivity contribution in [3.05, 3.63) is 34.4 Å². The van der Waals surface area contributed by atoms with Crippen molar-refractivity contribution in [2.75, 3.05) is 24.7 Å². The standard InChI is InChI=1S/C10H12N6O2/c1-14(2)10-12-9(11)15(13-10)7-3-5-8(6-4-7)16(17)18/h3-6H,1-2H3,(H2,11,12,13). The maximum absolute atomic E-state index is 10.5. The number of nitro benzene ring substituents is 1. The quantitative estimate of drug-likeness (QED) is 0.637. The van der Waals surface area contributed by atoms with Gasteiger partial charge in [-0.05, 0) is 12.1 Å². The van der Waals surface area contributed by atoms with Gasteiger partial charge in [0.2, 0.25) is 11.9 Å². The number of nitro groups is 1. The Balaban J connectivity index is 2.39. The van der Waals surface area contributed by atoms with Gasteiger partial charge in [0.05, 0.1) is 10.6 Å². The van der Waals surface area contributed by atoms with Crippen molar-refractivity contribution in [2.24, 2.45) is 0 Å². The zero-order chi connectivity index (χ0) is 13.3. The zero-order valence-corrected chi connectivity index (χ0v) is 9.94. The Bertz CT molecular complexity index is 575. The van der Waals surface area contributed by atoms with Crippen LogP contribution in [0.3, 0.4) is 0 Å². The van der Waals surface area contributed by atoms with E-state index in [1.165, 1.54) is 16.8 Å². The lowest BCUT2D eigenvalue weighted by molar-refractivity contribution is -0.384. The molecule has 0 amide bonds. The summed E-state index contributed by atoms with van der Waals surface area (Å²) in [5, 5.41) is 14.7. The number of rotatable bonds is 3. The normalized spacial score (nSPS) is 10.3. The largest absolute Gasteiger partial charge is 0.368 e. The summed E-state index contributed by atoms with van der Waals surface area (Å²) in [5.74, 6) is 0.707. The van der Waals surface area contributed by atoms with Gasteiger partial charge < -0.3 is 10.6 Å². The maximum atomic E-state index is 10.5. The summed E-state index contributed by atoms with van der Waals surface area (Å²) >= 11 is 0. The molecule has 0 aliphatic carbocycles. The lowest BCUT2D eigenvalue weighted by Gasteiger charge is -2.04. The predicted octanol–water partition coefficient (Wildman–Crippen LogP) is 0.824. The van der Waals surface area contributed by atoms with Crippen LogP contribution in [0.15, 0.2) is 24.3 Å². The van der Waals surface area contributed by atoms with Crippen LogP contribution in [0.2, 0.25) is 0 Å². The summed E-state index contributed by atoms with van der Waals surface area (Å²) in [7, 11) is 3.60. The van der Waals surface area contributed by atoms with Crippen LogP contribution in [0, 0.1) is 10.1 Å². The van der Waals surface area contributed by atoms with Crippen LogP contribution < -0.4 is 10.6 Å². The number of nitrogens with two attached hydrogens (primary N) is 1. The number of hydrogen-bond donors (Lipinski definition) is 1. The first kappa shape index (κ1) is 11.8. The van der Waals surface area contributed by atoms with Crippen LogP contribution in [0.5, 0.6) is 0 Å². The fraction of sp³-hybridized carbons (Fsp3) is 0.200. The molecule has 1 heterocycles. The van der Waals surface area contributed by atoms with Crippen molar-refractivity contribution in [2.45, 2.75) is 0 Å². The van der Waals surface area contributed by atoms with Crippen molar-refractivity contribution >= 4 is 17.6 Å². The average Bonchev–Trinajstić information content (AvgIpc) is 2.71. The molecule has 0 aliphatic rings. The Morgan fingerprint density at radius 3 is 2.39 bits per heavy atom. The highest BCUT2D eigenvalue weighted by atomic mass is 16.6. The van der Waals surface area contributed by atoms with E-state index in [4.69, 9.17) is 5.73 Å². The molecule has 94 valence electrons. The first-order valence-electron chi connectivity index (χ1n) is 5.13. The Labute approximate surface area is 103 Å². The molecule has 0 spiro atoms. The lowest BCUT2D eigenvalue weighted by Crippen LogP contribution is -2.10. The monoisotopic (exact) mass is 248 g/mol. The number of hydrogen-bond acceptors (Lipinski definition) is 6. The summed E-state index contributed by atoms with van der Waals surface area (Å²) in [5.41, 5.74) is 6.38. The van der Waals surface area contributed by atoms with Crippen LogP contribution >= 0.6 is 0 Å². The first-order valence-corrected chi connectivity index (χ1v) is 5.13. The molecule has 0 saturated heterocycles. The molecule has 1 aromatic carbocycles. The molecule has 18 heavy (non-hydrogen) atoms. The van der Waals surface area contributed by atoms with Crippen LogP contribution in [-0.2, 0) is 0 Å². The molecule has 0 radical (unpaired) electrons. The molecular formula is C10H12N6O2. The predicted molar refractivity (Wildman–Crippen MR) is 66.8 cm³/mol. The highest BCUT2D eigenvalue weighted by Crippen LogP contribution is 2.18. The fourth-order valence-electron chi connectivity index (χ4n) is 1.41. The Hall–Kier alpha value is -2.64. The van der Waals surface area contributed by atoms with E-state index in [0.717, 1.165) is 0 Å². The molecule has 1 aromatic heterocycles. The molecular weight excluding hydrogens is 236 g/mol. The third kappa shape index (κ3) is 2.08. The molecule has 8 heteroatoms. The van der Waals surface area contributed by atoms with Crippen LogP contribution in [0.1, 0.15) is 0 Å². The summed E-state index contributed by atoms with van der Waals surface area (Å²) in [4.78, 5) is 15.9. The second kappa shape index (κ2) is 4.32. The molecule has 2 N–H and O–H groups in total. The van der Waals surface area contributed by atoms with Gasteiger partial charge >= 0.3 is 0 Å². The van der Waals surface area contributed by atoms with Gasteiger partial charge in [-0.15, -0.1) is 5.10 Å². The highest BCUT2D eigenvalue weighted by molar-refractivity contribution is 5.45. The van der Waals surface area contributed by atoms with E-state index in [2.05, 4.69) is 10.1 Å². The average molecular weight is 248 g/mol. The Morgan fingerprint density at radius 2 is 1.94 bits per heavy atom. The number of nitrogens with zero attached hydrogens (tertiary/aromatic N) is 5. The van der Waals surface area contributed by atoms with Gasteiger partial charge in [-0.3, -0.25) is 10.1 Å². The molecule has 2 aromatic rings. The van der Waals surface area contributed by atoms with Crippen molar-refractivity contribution in [1.82, 2.24) is 14.8 Å². The highest BCUT2D eigenvalue weighted by Gasteiger charge is 2.11. The molecule has 0 fully saturated rings. The molecule has 0 saturated carbocycles. The number of non-ortho nitro benzene ring substituents is 1. The minimum absolute atomic E-state index is 0.0188. The smallest absolute Gasteiger partial charge is 0.269 e. The summed E-state index contributed by atoms with van der Waals surface area (Å²) in [6.07, 6.45) is 0. The summed E-state index contributed by atoms with van der Waals surface area (Å²) in [6, 6.07) is 5.93. The van der Waals surface area contributed by atoms with E-state index in [1.807, 2.05) is 0 Å². The van der Waals surface area contributed by atoms with E-state index in [0.29, 0.717) is 11.6 Å². The van der Waals surface area contributed by atoms with E-state index in [1.54, 1.807) is 31.1 Å². The van der Waals surface area contributed by atoms with Gasteiger partial charge in [-0.1, -0.05) is 0 Å². The molecule has 0 atom stereocenters. The SMILES string of the molecule is CN(C)c1nc(N)n(-c2ccc([N+](=O)[O-])cc2)n1. The number of nitrogen functional groups attached to an aromatic ring is 1. The maximum Gasteiger partial charge on any atom is 0.269 e. The first-order chi connectivity index (χ1) is 8.49. The third-order valence-corrected chi connectivity index (χ3v) is 2.33. The molecule has 0 unspecified atom stereocenters. The number of aromatic nitrogens is 3. The van der Waals surface area contributed by atoms with Gasteiger partial charge in [0, 0.05) is 26.2 Å². The fourth-order valence-corrected chi connectivity index (χ4v) is 1.41. The van der Waals surface area contributed by atoms with Crippen molar-refractivity contribution in [3.63, 3.8) is 0 Å². The number of benzene rings is 1. The minimum Gasteiger partial charge on any atom is -0.368 e.